The van der Waals surface area contributed by atoms with E-state index in [4.69, 9.17) is 5.11 Å². The minimum Gasteiger partial charge on any atom is -0.504 e. The zero-order valence-corrected chi connectivity index (χ0v) is 4.72. The predicted molar refractivity (Wildman–Crippen MR) is 31.6 cm³/mol. The van der Waals surface area contributed by atoms with Gasteiger partial charge < -0.3 is 5.11 Å². The van der Waals surface area contributed by atoms with E-state index in [-0.39, 0.29) is 5.76 Å². The molecule has 0 aliphatic rings. The van der Waals surface area contributed by atoms with Crippen LogP contribution in [-0.2, 0) is 4.79 Å². The number of carbonyl (C=O) groups excluding carboxylic acids is 1. The van der Waals surface area contributed by atoms with Crippen molar-refractivity contribution in [3.8, 4) is 0 Å². The molecule has 0 radical (unpaired) electrons. The van der Waals surface area contributed by atoms with Crippen molar-refractivity contribution >= 4 is 6.29 Å². The highest BCUT2D eigenvalue weighted by molar-refractivity contribution is 5.71. The monoisotopic (exact) mass is 112 g/mol. The third kappa shape index (κ3) is 1.60. The molecule has 0 saturated heterocycles. The largest absolute Gasteiger partial charge is 0.504 e. The molecule has 0 heterocycles. The van der Waals surface area contributed by atoms with Crippen LogP contribution in [-0.4, -0.2) is 11.4 Å². The summed E-state index contributed by atoms with van der Waals surface area (Å²) in [5.41, 5.74) is 0.500. The van der Waals surface area contributed by atoms with Crippen LogP contribution in [0.5, 0.6) is 0 Å². The van der Waals surface area contributed by atoms with Gasteiger partial charge in [-0.2, -0.15) is 0 Å². The first-order chi connectivity index (χ1) is 3.72. The van der Waals surface area contributed by atoms with E-state index in [2.05, 4.69) is 6.58 Å². The second-order valence-corrected chi connectivity index (χ2v) is 1.39. The van der Waals surface area contributed by atoms with Crippen molar-refractivity contribution in [2.45, 2.75) is 6.92 Å². The Bertz CT molecular complexity index is 117. The van der Waals surface area contributed by atoms with Gasteiger partial charge in [0.1, 0.15) is 0 Å². The Morgan fingerprint density at radius 3 is 2.38 bits per heavy atom. The van der Waals surface area contributed by atoms with Gasteiger partial charge in [0.2, 0.25) is 0 Å². The lowest BCUT2D eigenvalue weighted by molar-refractivity contribution is -0.107. The molecule has 0 fully saturated rings. The van der Waals surface area contributed by atoms with E-state index in [9.17, 15) is 4.79 Å². The molecule has 0 unspecified atom stereocenters. The highest BCUT2D eigenvalue weighted by atomic mass is 16.3. The van der Waals surface area contributed by atoms with Gasteiger partial charge in [0.25, 0.3) is 0 Å². The average molecular weight is 112 g/mol. The Kier molecular flexibility index (Phi) is 2.62. The number of rotatable bonds is 2. The standard InChI is InChI=1S/C6H8O2/c1-3-5(2)6(8)4-7/h3-4,8H,1H2,2H3/b6-5+. The van der Waals surface area contributed by atoms with E-state index >= 15 is 0 Å². The van der Waals surface area contributed by atoms with Crippen LogP contribution in [0.15, 0.2) is 24.0 Å². The number of aliphatic hydroxyl groups excluding tert-OH is 1. The Labute approximate surface area is 48.1 Å². The molecule has 0 spiro atoms. The Morgan fingerprint density at radius 2 is 2.25 bits per heavy atom. The normalized spacial score (nSPS) is 12.1. The molecule has 0 aliphatic carbocycles. The Morgan fingerprint density at radius 1 is 1.75 bits per heavy atom. The summed E-state index contributed by atoms with van der Waals surface area (Å²) in [5.74, 6) is -0.250. The number of aldehydes is 1. The predicted octanol–water partition coefficient (Wildman–Crippen LogP) is 1.20. The van der Waals surface area contributed by atoms with Crippen molar-refractivity contribution in [1.29, 1.82) is 0 Å². The molecule has 0 aromatic rings. The van der Waals surface area contributed by atoms with Crippen molar-refractivity contribution in [2.24, 2.45) is 0 Å². The summed E-state index contributed by atoms with van der Waals surface area (Å²) in [6, 6.07) is 0. The van der Waals surface area contributed by atoms with Gasteiger partial charge in [0.05, 0.1) is 0 Å². The topological polar surface area (TPSA) is 37.3 Å². The van der Waals surface area contributed by atoms with Gasteiger partial charge in [-0.1, -0.05) is 12.7 Å². The fraction of sp³-hybridized carbons (Fsp3) is 0.167. The van der Waals surface area contributed by atoms with Crippen LogP contribution in [0.2, 0.25) is 0 Å². The third-order valence-electron chi connectivity index (χ3n) is 0.822. The van der Waals surface area contributed by atoms with Crippen LogP contribution in [0.1, 0.15) is 6.92 Å². The first-order valence-corrected chi connectivity index (χ1v) is 2.19. The summed E-state index contributed by atoms with van der Waals surface area (Å²) in [4.78, 5) is 9.75. The number of allylic oxidation sites excluding steroid dienone is 3. The summed E-state index contributed by atoms with van der Waals surface area (Å²) in [6.45, 7) is 4.96. The van der Waals surface area contributed by atoms with Crippen molar-refractivity contribution in [3.05, 3.63) is 24.0 Å². The van der Waals surface area contributed by atoms with E-state index in [1.54, 1.807) is 6.92 Å². The molecular formula is C6H8O2. The van der Waals surface area contributed by atoms with E-state index in [0.717, 1.165) is 0 Å². The van der Waals surface area contributed by atoms with Crippen LogP contribution >= 0.6 is 0 Å². The first kappa shape index (κ1) is 6.95. The molecule has 0 bridgehead atoms. The lowest BCUT2D eigenvalue weighted by atomic mass is 10.3. The third-order valence-corrected chi connectivity index (χ3v) is 0.822. The summed E-state index contributed by atoms with van der Waals surface area (Å²) in [7, 11) is 0. The van der Waals surface area contributed by atoms with E-state index < -0.39 is 0 Å². The van der Waals surface area contributed by atoms with Crippen LogP contribution < -0.4 is 0 Å². The van der Waals surface area contributed by atoms with Crippen molar-refractivity contribution in [3.63, 3.8) is 0 Å². The highest BCUT2D eigenvalue weighted by Crippen LogP contribution is 1.96. The first-order valence-electron chi connectivity index (χ1n) is 2.19. The second-order valence-electron chi connectivity index (χ2n) is 1.39. The summed E-state index contributed by atoms with van der Waals surface area (Å²) < 4.78 is 0. The lowest BCUT2D eigenvalue weighted by Crippen LogP contribution is -1.83. The van der Waals surface area contributed by atoms with Gasteiger partial charge in [-0.15, -0.1) is 0 Å². The SMILES string of the molecule is C=C/C(C)=C(/O)C=O. The number of hydrogen-bond donors (Lipinski definition) is 1. The van der Waals surface area contributed by atoms with Gasteiger partial charge in [-0.3, -0.25) is 4.79 Å². The Balaban J connectivity index is 4.25. The molecule has 0 aromatic carbocycles. The molecule has 0 atom stereocenters. The molecule has 0 aliphatic heterocycles. The molecule has 8 heavy (non-hydrogen) atoms. The minimum absolute atomic E-state index is 0.250. The highest BCUT2D eigenvalue weighted by Gasteiger charge is 1.89. The quantitative estimate of drug-likeness (QED) is 0.252. The van der Waals surface area contributed by atoms with Gasteiger partial charge in [0.15, 0.2) is 12.0 Å². The van der Waals surface area contributed by atoms with Gasteiger partial charge in [0, 0.05) is 0 Å². The van der Waals surface area contributed by atoms with Gasteiger partial charge >= 0.3 is 0 Å². The van der Waals surface area contributed by atoms with E-state index in [0.29, 0.717) is 11.9 Å². The zero-order valence-electron chi connectivity index (χ0n) is 4.72. The zero-order chi connectivity index (χ0) is 6.57. The maximum absolute atomic E-state index is 9.75. The van der Waals surface area contributed by atoms with Crippen LogP contribution in [0.25, 0.3) is 0 Å². The van der Waals surface area contributed by atoms with Crippen LogP contribution in [0.4, 0.5) is 0 Å². The van der Waals surface area contributed by atoms with Gasteiger partial charge in [-0.05, 0) is 12.5 Å². The smallest absolute Gasteiger partial charge is 0.184 e. The molecule has 0 aromatic heterocycles. The summed E-state index contributed by atoms with van der Waals surface area (Å²) in [5, 5.41) is 8.57. The molecule has 1 N–H and O–H groups in total. The van der Waals surface area contributed by atoms with Gasteiger partial charge in [-0.25, -0.2) is 0 Å². The Hall–Kier alpha value is -1.05. The molecular weight excluding hydrogens is 104 g/mol. The van der Waals surface area contributed by atoms with Crippen molar-refractivity contribution in [1.82, 2.24) is 0 Å². The van der Waals surface area contributed by atoms with E-state index in [1.807, 2.05) is 0 Å². The molecule has 2 heteroatoms. The molecule has 2 nitrogen and oxygen atoms in total. The lowest BCUT2D eigenvalue weighted by Gasteiger charge is -1.88. The molecule has 0 amide bonds. The van der Waals surface area contributed by atoms with Crippen molar-refractivity contribution in [2.75, 3.05) is 0 Å². The van der Waals surface area contributed by atoms with Crippen molar-refractivity contribution < 1.29 is 9.90 Å². The maximum atomic E-state index is 9.75. The van der Waals surface area contributed by atoms with Crippen LogP contribution in [0, 0.1) is 0 Å². The second kappa shape index (κ2) is 3.02. The average Bonchev–Trinajstić information content (AvgIpc) is 1.84. The van der Waals surface area contributed by atoms with Crippen LogP contribution in [0.3, 0.4) is 0 Å². The fourth-order valence-electron chi connectivity index (χ4n) is 0.198. The summed E-state index contributed by atoms with van der Waals surface area (Å²) >= 11 is 0. The minimum atomic E-state index is -0.250. The maximum Gasteiger partial charge on any atom is 0.184 e. The number of aliphatic hydroxyl groups is 1. The molecule has 44 valence electrons. The number of hydrogen-bond acceptors (Lipinski definition) is 2. The fourth-order valence-corrected chi connectivity index (χ4v) is 0.198. The molecule has 0 saturated carbocycles. The number of carbonyl (C=O) groups is 1. The molecule has 0 rings (SSSR count). The van der Waals surface area contributed by atoms with E-state index in [1.165, 1.54) is 6.08 Å². The summed E-state index contributed by atoms with van der Waals surface area (Å²) in [6.07, 6.45) is 1.81.